The van der Waals surface area contributed by atoms with Gasteiger partial charge in [0.05, 0.1) is 23.9 Å². The lowest BCUT2D eigenvalue weighted by Gasteiger charge is -2.20. The number of nitrogens with one attached hydrogen (secondary N) is 2. The van der Waals surface area contributed by atoms with E-state index >= 15 is 0 Å². The van der Waals surface area contributed by atoms with Gasteiger partial charge in [0.15, 0.2) is 0 Å². The SMILES string of the molecule is COC(=O)C(CCCNC(=O)OC(C)(C)C)NC(=O)c1cc(-c2ccccc2)nc2ccccc12. The summed E-state index contributed by atoms with van der Waals surface area (Å²) in [5, 5.41) is 6.13. The van der Waals surface area contributed by atoms with Crippen molar-refractivity contribution in [2.75, 3.05) is 13.7 Å². The molecule has 0 saturated heterocycles. The standard InChI is InChI=1S/C27H31N3O5/c1-27(2,3)35-26(33)28-16-10-15-22(25(32)34-4)30-24(31)20-17-23(18-11-6-5-7-12-18)29-21-14-9-8-13-19(20)21/h5-9,11-14,17,22H,10,15-16H2,1-4H3,(H,28,33)(H,30,31). The molecular formula is C27H31N3O5. The minimum absolute atomic E-state index is 0.281. The van der Waals surface area contributed by atoms with E-state index in [9.17, 15) is 14.4 Å². The molecule has 2 amide bonds. The van der Waals surface area contributed by atoms with Crippen molar-refractivity contribution in [3.63, 3.8) is 0 Å². The molecule has 0 aliphatic carbocycles. The number of nitrogens with zero attached hydrogens (tertiary/aromatic N) is 1. The molecule has 0 radical (unpaired) electrons. The Bertz CT molecular complexity index is 1190. The first-order valence-electron chi connectivity index (χ1n) is 11.5. The molecule has 3 aromatic rings. The molecule has 2 N–H and O–H groups in total. The predicted molar refractivity (Wildman–Crippen MR) is 134 cm³/mol. The quantitative estimate of drug-likeness (QED) is 0.366. The number of hydrogen-bond acceptors (Lipinski definition) is 6. The Morgan fingerprint density at radius 3 is 2.37 bits per heavy atom. The molecule has 35 heavy (non-hydrogen) atoms. The summed E-state index contributed by atoms with van der Waals surface area (Å²) in [5.74, 6) is -0.964. The molecule has 0 saturated carbocycles. The van der Waals surface area contributed by atoms with Crippen LogP contribution in [-0.2, 0) is 14.3 Å². The fourth-order valence-electron chi connectivity index (χ4n) is 3.56. The number of amides is 2. The number of carbonyl (C=O) groups excluding carboxylic acids is 3. The predicted octanol–water partition coefficient (Wildman–Crippen LogP) is 4.48. The number of fused-ring (bicyclic) bond motifs is 1. The van der Waals surface area contributed by atoms with Gasteiger partial charge >= 0.3 is 12.1 Å². The lowest BCUT2D eigenvalue weighted by molar-refractivity contribution is -0.143. The Kier molecular flexibility index (Phi) is 8.41. The second-order valence-electron chi connectivity index (χ2n) is 9.06. The highest BCUT2D eigenvalue weighted by Crippen LogP contribution is 2.25. The van der Waals surface area contributed by atoms with Gasteiger partial charge in [-0.1, -0.05) is 48.5 Å². The van der Waals surface area contributed by atoms with Crippen LogP contribution >= 0.6 is 0 Å². The summed E-state index contributed by atoms with van der Waals surface area (Å²) in [6, 6.07) is 17.8. The Hall–Kier alpha value is -3.94. The average molecular weight is 478 g/mol. The zero-order chi connectivity index (χ0) is 25.4. The molecule has 184 valence electrons. The molecule has 0 spiro atoms. The van der Waals surface area contributed by atoms with Crippen LogP contribution in [0.15, 0.2) is 60.7 Å². The third kappa shape index (κ3) is 7.27. The number of pyridine rings is 1. The van der Waals surface area contributed by atoms with Crippen molar-refractivity contribution >= 4 is 28.9 Å². The van der Waals surface area contributed by atoms with E-state index in [2.05, 4.69) is 10.6 Å². The molecule has 0 aliphatic heterocycles. The van der Waals surface area contributed by atoms with E-state index in [1.807, 2.05) is 54.6 Å². The minimum atomic E-state index is -0.875. The van der Waals surface area contributed by atoms with Gasteiger partial charge in [0.2, 0.25) is 0 Å². The number of aromatic nitrogens is 1. The monoisotopic (exact) mass is 477 g/mol. The average Bonchev–Trinajstić information content (AvgIpc) is 2.84. The molecule has 3 rings (SSSR count). The Morgan fingerprint density at radius 1 is 1.00 bits per heavy atom. The van der Waals surface area contributed by atoms with Crippen LogP contribution < -0.4 is 10.6 Å². The van der Waals surface area contributed by atoms with Crippen molar-refractivity contribution in [3.05, 3.63) is 66.2 Å². The Balaban J connectivity index is 1.75. The second-order valence-corrected chi connectivity index (χ2v) is 9.06. The zero-order valence-corrected chi connectivity index (χ0v) is 20.5. The van der Waals surface area contributed by atoms with Gasteiger partial charge in [-0.25, -0.2) is 14.6 Å². The first kappa shape index (κ1) is 25.7. The molecule has 1 aromatic heterocycles. The molecule has 0 bridgehead atoms. The lowest BCUT2D eigenvalue weighted by Crippen LogP contribution is -2.42. The molecule has 8 heteroatoms. The molecule has 0 aliphatic rings. The van der Waals surface area contributed by atoms with Crippen molar-refractivity contribution < 1.29 is 23.9 Å². The van der Waals surface area contributed by atoms with E-state index < -0.39 is 29.6 Å². The van der Waals surface area contributed by atoms with Gasteiger partial charge in [0, 0.05) is 17.5 Å². The fraction of sp³-hybridized carbons (Fsp3) is 0.333. The van der Waals surface area contributed by atoms with E-state index in [0.29, 0.717) is 28.6 Å². The third-order valence-corrected chi connectivity index (χ3v) is 5.16. The summed E-state index contributed by atoms with van der Waals surface area (Å²) >= 11 is 0. The van der Waals surface area contributed by atoms with Crippen molar-refractivity contribution in [1.82, 2.24) is 15.6 Å². The highest BCUT2D eigenvalue weighted by molar-refractivity contribution is 6.08. The van der Waals surface area contributed by atoms with Crippen LogP contribution in [0.3, 0.4) is 0 Å². The van der Waals surface area contributed by atoms with Crippen molar-refractivity contribution in [2.45, 2.75) is 45.3 Å². The van der Waals surface area contributed by atoms with E-state index in [-0.39, 0.29) is 13.0 Å². The maximum absolute atomic E-state index is 13.3. The normalized spacial score (nSPS) is 12.0. The first-order valence-corrected chi connectivity index (χ1v) is 11.5. The number of hydrogen-bond donors (Lipinski definition) is 2. The van der Waals surface area contributed by atoms with E-state index in [1.54, 1.807) is 26.8 Å². The minimum Gasteiger partial charge on any atom is -0.467 e. The van der Waals surface area contributed by atoms with Gasteiger partial charge < -0.3 is 20.1 Å². The van der Waals surface area contributed by atoms with E-state index in [1.165, 1.54) is 7.11 Å². The molecule has 2 aromatic carbocycles. The van der Waals surface area contributed by atoms with Gasteiger partial charge in [0.1, 0.15) is 11.6 Å². The zero-order valence-electron chi connectivity index (χ0n) is 20.5. The van der Waals surface area contributed by atoms with E-state index in [4.69, 9.17) is 14.5 Å². The smallest absolute Gasteiger partial charge is 0.407 e. The first-order chi connectivity index (χ1) is 16.7. The van der Waals surface area contributed by atoms with Crippen LogP contribution in [0.5, 0.6) is 0 Å². The summed E-state index contributed by atoms with van der Waals surface area (Å²) in [7, 11) is 1.27. The van der Waals surface area contributed by atoms with Gasteiger partial charge in [-0.15, -0.1) is 0 Å². The van der Waals surface area contributed by atoms with Crippen LogP contribution in [0.25, 0.3) is 22.2 Å². The largest absolute Gasteiger partial charge is 0.467 e. The Morgan fingerprint density at radius 2 is 1.69 bits per heavy atom. The molecule has 1 unspecified atom stereocenters. The molecule has 1 heterocycles. The van der Waals surface area contributed by atoms with Gasteiger partial charge in [-0.3, -0.25) is 4.79 Å². The molecule has 8 nitrogen and oxygen atoms in total. The summed E-state index contributed by atoms with van der Waals surface area (Å²) in [4.78, 5) is 42.2. The number of benzene rings is 2. The third-order valence-electron chi connectivity index (χ3n) is 5.16. The number of methoxy groups -OCH3 is 1. The van der Waals surface area contributed by atoms with Gasteiger partial charge in [0.25, 0.3) is 5.91 Å². The maximum atomic E-state index is 13.3. The Labute approximate surface area is 205 Å². The van der Waals surface area contributed by atoms with Crippen LogP contribution in [0, 0.1) is 0 Å². The van der Waals surface area contributed by atoms with Crippen LogP contribution in [-0.4, -0.2) is 48.3 Å². The number of carbonyl (C=O) groups is 3. The number of ether oxygens (including phenoxy) is 2. The molecular weight excluding hydrogens is 446 g/mol. The summed E-state index contributed by atoms with van der Waals surface area (Å²) in [6.07, 6.45) is 0.182. The van der Waals surface area contributed by atoms with Crippen molar-refractivity contribution in [2.24, 2.45) is 0 Å². The number of rotatable bonds is 8. The van der Waals surface area contributed by atoms with Gasteiger partial charge in [-0.05, 0) is 45.7 Å². The van der Waals surface area contributed by atoms with Gasteiger partial charge in [-0.2, -0.15) is 0 Å². The van der Waals surface area contributed by atoms with Crippen LogP contribution in [0.4, 0.5) is 4.79 Å². The van der Waals surface area contributed by atoms with Crippen molar-refractivity contribution in [3.8, 4) is 11.3 Å². The summed E-state index contributed by atoms with van der Waals surface area (Å²) < 4.78 is 10.1. The second kappa shape index (κ2) is 11.5. The van der Waals surface area contributed by atoms with Crippen molar-refractivity contribution in [1.29, 1.82) is 0 Å². The summed E-state index contributed by atoms with van der Waals surface area (Å²) in [5.41, 5.74) is 2.03. The van der Waals surface area contributed by atoms with Crippen LogP contribution in [0.1, 0.15) is 44.0 Å². The molecule has 1 atom stereocenters. The fourth-order valence-corrected chi connectivity index (χ4v) is 3.56. The van der Waals surface area contributed by atoms with Crippen LogP contribution in [0.2, 0.25) is 0 Å². The highest BCUT2D eigenvalue weighted by atomic mass is 16.6. The van der Waals surface area contributed by atoms with E-state index in [0.717, 1.165) is 5.56 Å². The molecule has 0 fully saturated rings. The number of esters is 1. The number of para-hydroxylation sites is 1. The maximum Gasteiger partial charge on any atom is 0.407 e. The summed E-state index contributed by atoms with van der Waals surface area (Å²) in [6.45, 7) is 5.62. The number of alkyl carbamates (subject to hydrolysis) is 1. The lowest BCUT2D eigenvalue weighted by atomic mass is 10.0. The topological polar surface area (TPSA) is 107 Å². The highest BCUT2D eigenvalue weighted by Gasteiger charge is 2.24.